The quantitative estimate of drug-likeness (QED) is 0.156. The van der Waals surface area contributed by atoms with Crippen LogP contribution in [-0.2, 0) is 11.8 Å². The highest BCUT2D eigenvalue weighted by Crippen LogP contribution is 2.48. The molecule has 0 N–H and O–H groups in total. The molecule has 5 heteroatoms. The van der Waals surface area contributed by atoms with Gasteiger partial charge in [-0.25, -0.2) is 0 Å². The molecule has 0 fully saturated rings. The molecule has 0 spiro atoms. The summed E-state index contributed by atoms with van der Waals surface area (Å²) in [5.74, 6) is 1.88. The van der Waals surface area contributed by atoms with Crippen LogP contribution in [0.3, 0.4) is 0 Å². The molecule has 0 saturated carbocycles. The number of fused-ring (bicyclic) bond motifs is 10. The van der Waals surface area contributed by atoms with E-state index in [0.29, 0.717) is 0 Å². The van der Waals surface area contributed by atoms with Gasteiger partial charge in [0, 0.05) is 48.0 Å². The van der Waals surface area contributed by atoms with Gasteiger partial charge in [-0.3, -0.25) is 0 Å². The Bertz CT molecular complexity index is 3340. The van der Waals surface area contributed by atoms with Gasteiger partial charge in [-0.1, -0.05) is 137 Å². The Kier molecular flexibility index (Phi) is 8.18. The minimum absolute atomic E-state index is 0.0305. The van der Waals surface area contributed by atoms with E-state index in [0.717, 1.165) is 36.4 Å². The Morgan fingerprint density at radius 3 is 2.03 bits per heavy atom. The minimum atomic E-state index is -0.112. The van der Waals surface area contributed by atoms with Crippen LogP contribution in [0, 0.1) is 0 Å². The molecule has 2 aliphatic heterocycles. The first kappa shape index (κ1) is 36.3. The molecule has 10 aromatic rings. The first-order chi connectivity index (χ1) is 29.8. The van der Waals surface area contributed by atoms with Crippen molar-refractivity contribution < 1.29 is 4.74 Å². The lowest BCUT2D eigenvalue weighted by atomic mass is 9.34. The van der Waals surface area contributed by atoms with Crippen molar-refractivity contribution in [3.8, 4) is 28.3 Å². The summed E-state index contributed by atoms with van der Waals surface area (Å²) in [7, 11) is 0. The van der Waals surface area contributed by atoms with Crippen molar-refractivity contribution in [2.75, 3.05) is 4.90 Å². The summed E-state index contributed by atoms with van der Waals surface area (Å²) < 4.78 is 12.2. The number of hydrogen-bond donors (Lipinski definition) is 0. The topological polar surface area (TPSA) is 17.4 Å². The van der Waals surface area contributed by atoms with Crippen molar-refractivity contribution in [2.24, 2.45) is 0 Å². The van der Waals surface area contributed by atoms with Gasteiger partial charge in [0.1, 0.15) is 11.5 Å². The number of aromatic nitrogens is 1. The van der Waals surface area contributed by atoms with Crippen LogP contribution >= 0.6 is 11.3 Å². The third-order valence-electron chi connectivity index (χ3n) is 13.2. The first-order valence-electron chi connectivity index (χ1n) is 21.8. The number of rotatable bonds is 6. The molecule has 2 aliphatic rings. The number of nitrogens with zero attached hydrogens (tertiary/aromatic N) is 2. The Morgan fingerprint density at radius 2 is 1.28 bits per heavy atom. The van der Waals surface area contributed by atoms with Gasteiger partial charge in [-0.15, -0.1) is 11.3 Å². The van der Waals surface area contributed by atoms with Crippen LogP contribution in [0.25, 0.3) is 58.8 Å². The van der Waals surface area contributed by atoms with Gasteiger partial charge in [0.05, 0.1) is 16.7 Å². The lowest BCUT2D eigenvalue weighted by Gasteiger charge is -2.42. The number of benzene rings is 8. The van der Waals surface area contributed by atoms with E-state index in [1.54, 1.807) is 0 Å². The normalized spacial score (nSPS) is 13.2. The third kappa shape index (κ3) is 5.63. The van der Waals surface area contributed by atoms with Crippen LogP contribution in [0.5, 0.6) is 11.5 Å². The molecule has 4 heterocycles. The molecule has 3 nitrogen and oxygen atoms in total. The Labute approximate surface area is 361 Å². The van der Waals surface area contributed by atoms with Crippen LogP contribution in [0.1, 0.15) is 51.7 Å². The molecule has 0 radical (unpaired) electrons. The number of thiophene rings is 1. The molecular weight excluding hydrogens is 760 g/mol. The predicted molar refractivity (Wildman–Crippen MR) is 262 cm³/mol. The van der Waals surface area contributed by atoms with Crippen molar-refractivity contribution in [1.82, 2.24) is 4.57 Å². The fourth-order valence-corrected chi connectivity index (χ4v) is 11.3. The molecule has 61 heavy (non-hydrogen) atoms. The summed E-state index contributed by atoms with van der Waals surface area (Å²) in [5, 5.41) is 5.22. The molecule has 8 aromatic carbocycles. The number of ether oxygens (including phenoxy) is 1. The van der Waals surface area contributed by atoms with Gasteiger partial charge in [0.25, 0.3) is 6.71 Å². The molecule has 0 amide bonds. The fourth-order valence-electron chi connectivity index (χ4n) is 10.2. The zero-order valence-electron chi connectivity index (χ0n) is 35.0. The second kappa shape index (κ2) is 13.7. The average molecular weight is 805 g/mol. The smallest absolute Gasteiger partial charge is 0.256 e. The van der Waals surface area contributed by atoms with E-state index in [4.69, 9.17) is 4.74 Å². The zero-order valence-corrected chi connectivity index (χ0v) is 35.8. The van der Waals surface area contributed by atoms with Crippen LogP contribution in [0.15, 0.2) is 164 Å². The molecule has 0 saturated heterocycles. The van der Waals surface area contributed by atoms with Gasteiger partial charge in [-0.05, 0) is 118 Å². The summed E-state index contributed by atoms with van der Waals surface area (Å²) in [6, 6.07) is 61.2. The van der Waals surface area contributed by atoms with Crippen LogP contribution < -0.4 is 26.0 Å². The van der Waals surface area contributed by atoms with E-state index in [9.17, 15) is 0 Å². The minimum Gasteiger partial charge on any atom is -0.458 e. The Hall–Kier alpha value is -6.56. The highest BCUT2D eigenvalue weighted by molar-refractivity contribution is 7.25. The Balaban J connectivity index is 1.19. The SMILES string of the molecule is CCCCc1cc2c(cc1N1c3cc(-n4c5ccccc5c5ccccc54)ccc3B3c4cc(-c5ccccc5)ccc4Oc4cc(C(C)(C)C)cc1c43)sc1ccccc12. The molecule has 12 rings (SSSR count). The maximum absolute atomic E-state index is 7.11. The zero-order chi connectivity index (χ0) is 41.0. The fraction of sp³-hybridized carbons (Fsp3) is 0.143. The number of unbranched alkanes of at least 4 members (excludes halogenated alkanes) is 1. The van der Waals surface area contributed by atoms with Gasteiger partial charge >= 0.3 is 0 Å². The summed E-state index contributed by atoms with van der Waals surface area (Å²) in [4.78, 5) is 2.63. The molecule has 0 unspecified atom stereocenters. The van der Waals surface area contributed by atoms with Crippen molar-refractivity contribution in [3.63, 3.8) is 0 Å². The van der Waals surface area contributed by atoms with Crippen LogP contribution in [0.2, 0.25) is 0 Å². The second-order valence-corrected chi connectivity index (χ2v) is 19.0. The summed E-state index contributed by atoms with van der Waals surface area (Å²) in [6.07, 6.45) is 3.24. The van der Waals surface area contributed by atoms with E-state index in [-0.39, 0.29) is 12.1 Å². The van der Waals surface area contributed by atoms with Gasteiger partial charge in [0.15, 0.2) is 0 Å². The standard InChI is InChI=1S/C56H45BN2OS/c1-5-6-16-37-29-43-42-21-12-15-24-53(42)61-54(43)34-48(37)59-49-33-39(58-46-22-13-10-19-40(46)41-20-11-14-23-47(41)58)26-27-44(49)57-45-30-36(35-17-8-7-9-18-35)25-28-51(45)60-52-32-38(56(2,3)4)31-50(59)55(52)57/h7-15,17-34H,5-6,16H2,1-4H3. The maximum atomic E-state index is 7.11. The highest BCUT2D eigenvalue weighted by Gasteiger charge is 2.43. The summed E-state index contributed by atoms with van der Waals surface area (Å²) in [6.45, 7) is 9.23. The molecule has 294 valence electrons. The van der Waals surface area contributed by atoms with Crippen molar-refractivity contribution in [3.05, 3.63) is 175 Å². The Morgan fingerprint density at radius 1 is 0.557 bits per heavy atom. The molecule has 0 atom stereocenters. The molecule has 0 aliphatic carbocycles. The first-order valence-corrected chi connectivity index (χ1v) is 22.6. The van der Waals surface area contributed by atoms with Crippen molar-refractivity contribution >= 4 is 93.5 Å². The summed E-state index contributed by atoms with van der Waals surface area (Å²) >= 11 is 1.90. The lowest BCUT2D eigenvalue weighted by molar-refractivity contribution is 0.483. The van der Waals surface area contributed by atoms with Gasteiger partial charge in [-0.2, -0.15) is 0 Å². The molecule has 2 aromatic heterocycles. The van der Waals surface area contributed by atoms with Gasteiger partial charge in [0.2, 0.25) is 0 Å². The van der Waals surface area contributed by atoms with E-state index in [2.05, 4.69) is 201 Å². The van der Waals surface area contributed by atoms with E-state index < -0.39 is 0 Å². The molecular formula is C56H45BN2OS. The largest absolute Gasteiger partial charge is 0.458 e. The van der Waals surface area contributed by atoms with Crippen molar-refractivity contribution in [2.45, 2.75) is 52.4 Å². The van der Waals surface area contributed by atoms with E-state index in [1.165, 1.54) is 97.7 Å². The van der Waals surface area contributed by atoms with E-state index in [1.807, 2.05) is 11.3 Å². The predicted octanol–water partition coefficient (Wildman–Crippen LogP) is 13.9. The number of para-hydroxylation sites is 2. The highest BCUT2D eigenvalue weighted by atomic mass is 32.1. The average Bonchev–Trinajstić information content (AvgIpc) is 3.82. The second-order valence-electron chi connectivity index (χ2n) is 17.9. The van der Waals surface area contributed by atoms with Crippen LogP contribution in [-0.4, -0.2) is 11.3 Å². The van der Waals surface area contributed by atoms with Crippen molar-refractivity contribution in [1.29, 1.82) is 0 Å². The maximum Gasteiger partial charge on any atom is 0.256 e. The monoisotopic (exact) mass is 804 g/mol. The summed E-state index contributed by atoms with van der Waals surface area (Å²) in [5.41, 5.74) is 15.9. The van der Waals surface area contributed by atoms with Gasteiger partial charge < -0.3 is 14.2 Å². The lowest BCUT2D eigenvalue weighted by Crippen LogP contribution is -2.59. The third-order valence-corrected chi connectivity index (χ3v) is 14.3. The number of hydrogen-bond acceptors (Lipinski definition) is 3. The number of aryl methyl sites for hydroxylation is 1. The molecule has 0 bridgehead atoms. The number of anilines is 3. The van der Waals surface area contributed by atoms with E-state index >= 15 is 0 Å². The van der Waals surface area contributed by atoms with Crippen LogP contribution in [0.4, 0.5) is 17.1 Å².